The highest BCUT2D eigenvalue weighted by atomic mass is 16.3. The Hall–Kier alpha value is -1.40. The smallest absolute Gasteiger partial charge is 0.272 e. The molecular formula is C15H26N4O2. The maximum Gasteiger partial charge on any atom is 0.272 e. The molecule has 1 fully saturated rings. The highest BCUT2D eigenvalue weighted by Crippen LogP contribution is 2.19. The number of hydrogen-bond donors (Lipinski definition) is 1. The van der Waals surface area contributed by atoms with Crippen molar-refractivity contribution in [1.29, 1.82) is 0 Å². The predicted octanol–water partition coefficient (Wildman–Crippen LogP) is 0.505. The quantitative estimate of drug-likeness (QED) is 0.859. The van der Waals surface area contributed by atoms with Crippen LogP contribution in [0.25, 0.3) is 0 Å². The highest BCUT2D eigenvalue weighted by molar-refractivity contribution is 5.93. The van der Waals surface area contributed by atoms with E-state index in [0.717, 1.165) is 44.7 Å². The topological polar surface area (TPSA) is 61.6 Å². The van der Waals surface area contributed by atoms with E-state index in [4.69, 9.17) is 5.11 Å². The van der Waals surface area contributed by atoms with Crippen LogP contribution in [-0.2, 0) is 7.05 Å². The van der Waals surface area contributed by atoms with Crippen molar-refractivity contribution < 1.29 is 9.90 Å². The second-order valence-corrected chi connectivity index (χ2v) is 5.98. The van der Waals surface area contributed by atoms with E-state index in [1.165, 1.54) is 0 Å². The lowest BCUT2D eigenvalue weighted by molar-refractivity contribution is 0.0723. The van der Waals surface area contributed by atoms with Crippen molar-refractivity contribution in [3.8, 4) is 0 Å². The summed E-state index contributed by atoms with van der Waals surface area (Å²) < 4.78 is 1.79. The molecule has 1 aromatic rings. The molecule has 0 atom stereocenters. The molecule has 0 spiro atoms. The Balaban J connectivity index is 1.88. The minimum Gasteiger partial charge on any atom is -0.395 e. The molecule has 6 nitrogen and oxygen atoms in total. The molecule has 2 rings (SSSR count). The molecule has 1 aliphatic heterocycles. The monoisotopic (exact) mass is 294 g/mol. The molecule has 2 heterocycles. The third-order valence-corrected chi connectivity index (χ3v) is 4.32. The Morgan fingerprint density at radius 2 is 2.14 bits per heavy atom. The van der Waals surface area contributed by atoms with Gasteiger partial charge in [0.05, 0.1) is 18.6 Å². The lowest BCUT2D eigenvalue weighted by atomic mass is 9.96. The number of carbonyl (C=O) groups excluding carboxylic acids is 1. The SMILES string of the molecule is Cc1ncn(C)c1C(=O)N(C)CC1CCN(CCO)CC1. The number of aromatic nitrogens is 2. The Bertz CT molecular complexity index is 459. The highest BCUT2D eigenvalue weighted by Gasteiger charge is 2.24. The third kappa shape index (κ3) is 3.83. The molecule has 0 aromatic carbocycles. The van der Waals surface area contributed by atoms with Crippen molar-refractivity contribution >= 4 is 5.91 Å². The number of likely N-dealkylation sites (tertiary alicyclic amines) is 1. The van der Waals surface area contributed by atoms with Gasteiger partial charge in [-0.15, -0.1) is 0 Å². The number of aryl methyl sites for hydroxylation is 2. The van der Waals surface area contributed by atoms with Crippen LogP contribution >= 0.6 is 0 Å². The number of aliphatic hydroxyl groups is 1. The molecule has 1 aromatic heterocycles. The van der Waals surface area contributed by atoms with E-state index in [1.54, 1.807) is 10.9 Å². The number of imidazole rings is 1. The van der Waals surface area contributed by atoms with Crippen molar-refractivity contribution in [2.75, 3.05) is 39.8 Å². The number of β-amino-alcohol motifs (C(OH)–C–C–N with tert-alkyl or cyclic N) is 1. The first-order chi connectivity index (χ1) is 10.0. The van der Waals surface area contributed by atoms with E-state index in [-0.39, 0.29) is 12.5 Å². The van der Waals surface area contributed by atoms with Crippen LogP contribution in [0.1, 0.15) is 29.0 Å². The molecule has 118 valence electrons. The molecule has 1 aliphatic rings. The molecule has 0 radical (unpaired) electrons. The fraction of sp³-hybridized carbons (Fsp3) is 0.733. The first-order valence-corrected chi connectivity index (χ1v) is 7.59. The summed E-state index contributed by atoms with van der Waals surface area (Å²) in [6, 6.07) is 0. The van der Waals surface area contributed by atoms with Crippen molar-refractivity contribution in [3.63, 3.8) is 0 Å². The van der Waals surface area contributed by atoms with Gasteiger partial charge in [-0.3, -0.25) is 4.79 Å². The van der Waals surface area contributed by atoms with Gasteiger partial charge in [0.1, 0.15) is 5.69 Å². The molecule has 0 unspecified atom stereocenters. The van der Waals surface area contributed by atoms with E-state index < -0.39 is 0 Å². The van der Waals surface area contributed by atoms with E-state index in [9.17, 15) is 4.79 Å². The van der Waals surface area contributed by atoms with Crippen LogP contribution in [0.5, 0.6) is 0 Å². The first-order valence-electron chi connectivity index (χ1n) is 7.59. The van der Waals surface area contributed by atoms with E-state index in [2.05, 4.69) is 9.88 Å². The standard InChI is InChI=1S/C15H26N4O2/c1-12-14(18(3)11-16-12)15(21)17(2)10-13-4-6-19(7-5-13)8-9-20/h11,13,20H,4-10H2,1-3H3. The summed E-state index contributed by atoms with van der Waals surface area (Å²) in [7, 11) is 3.73. The number of hydrogen-bond acceptors (Lipinski definition) is 4. The second kappa shape index (κ2) is 7.04. The van der Waals surface area contributed by atoms with Gasteiger partial charge < -0.3 is 19.5 Å². The molecule has 0 saturated carbocycles. The van der Waals surface area contributed by atoms with Crippen LogP contribution in [0, 0.1) is 12.8 Å². The number of carbonyl (C=O) groups is 1. The van der Waals surface area contributed by atoms with Crippen LogP contribution in [0.4, 0.5) is 0 Å². The van der Waals surface area contributed by atoms with E-state index in [0.29, 0.717) is 11.6 Å². The zero-order valence-corrected chi connectivity index (χ0v) is 13.2. The summed E-state index contributed by atoms with van der Waals surface area (Å²) in [5.41, 5.74) is 1.46. The zero-order chi connectivity index (χ0) is 15.4. The first kappa shape index (κ1) is 16.0. The van der Waals surface area contributed by atoms with Gasteiger partial charge in [0.2, 0.25) is 0 Å². The van der Waals surface area contributed by atoms with Crippen molar-refractivity contribution in [1.82, 2.24) is 19.4 Å². The molecule has 1 N–H and O–H groups in total. The summed E-state index contributed by atoms with van der Waals surface area (Å²) in [6.45, 7) is 5.67. The van der Waals surface area contributed by atoms with Crippen LogP contribution in [-0.4, -0.2) is 70.2 Å². The molecule has 0 aliphatic carbocycles. The average molecular weight is 294 g/mol. The third-order valence-electron chi connectivity index (χ3n) is 4.32. The van der Waals surface area contributed by atoms with Crippen molar-refractivity contribution in [2.24, 2.45) is 13.0 Å². The molecule has 21 heavy (non-hydrogen) atoms. The van der Waals surface area contributed by atoms with Gasteiger partial charge in [0.25, 0.3) is 5.91 Å². The lowest BCUT2D eigenvalue weighted by Crippen LogP contribution is -2.40. The van der Waals surface area contributed by atoms with Gasteiger partial charge in [0.15, 0.2) is 0 Å². The number of piperidine rings is 1. The van der Waals surface area contributed by atoms with Crippen molar-refractivity contribution in [3.05, 3.63) is 17.7 Å². The van der Waals surface area contributed by atoms with Gasteiger partial charge >= 0.3 is 0 Å². The number of aliphatic hydroxyl groups excluding tert-OH is 1. The fourth-order valence-corrected chi connectivity index (χ4v) is 3.04. The number of rotatable bonds is 5. The summed E-state index contributed by atoms with van der Waals surface area (Å²) in [5, 5.41) is 8.96. The normalized spacial score (nSPS) is 17.1. The minimum absolute atomic E-state index is 0.0466. The van der Waals surface area contributed by atoms with Gasteiger partial charge in [0, 0.05) is 27.2 Å². The molecule has 1 amide bonds. The Morgan fingerprint density at radius 1 is 1.48 bits per heavy atom. The summed E-state index contributed by atoms with van der Waals surface area (Å²) in [4.78, 5) is 20.8. The summed E-state index contributed by atoms with van der Waals surface area (Å²) in [5.74, 6) is 0.590. The van der Waals surface area contributed by atoms with Crippen LogP contribution < -0.4 is 0 Å². The Kier molecular flexibility index (Phi) is 5.36. The molecular weight excluding hydrogens is 268 g/mol. The van der Waals surface area contributed by atoms with Crippen LogP contribution in [0.3, 0.4) is 0 Å². The minimum atomic E-state index is 0.0466. The maximum atomic E-state index is 12.5. The van der Waals surface area contributed by atoms with E-state index >= 15 is 0 Å². The fourth-order valence-electron chi connectivity index (χ4n) is 3.04. The molecule has 1 saturated heterocycles. The largest absolute Gasteiger partial charge is 0.395 e. The molecule has 0 bridgehead atoms. The lowest BCUT2D eigenvalue weighted by Gasteiger charge is -2.33. The number of nitrogens with zero attached hydrogens (tertiary/aromatic N) is 4. The Morgan fingerprint density at radius 3 is 2.67 bits per heavy atom. The van der Waals surface area contributed by atoms with Gasteiger partial charge in [-0.25, -0.2) is 4.98 Å². The van der Waals surface area contributed by atoms with Gasteiger partial charge in [-0.05, 0) is 38.8 Å². The van der Waals surface area contributed by atoms with E-state index in [1.807, 2.05) is 25.9 Å². The second-order valence-electron chi connectivity index (χ2n) is 5.98. The zero-order valence-electron chi connectivity index (χ0n) is 13.2. The van der Waals surface area contributed by atoms with Gasteiger partial charge in [-0.1, -0.05) is 0 Å². The number of amides is 1. The molecule has 6 heteroatoms. The summed E-state index contributed by atoms with van der Waals surface area (Å²) in [6.07, 6.45) is 3.85. The van der Waals surface area contributed by atoms with Crippen LogP contribution in [0.2, 0.25) is 0 Å². The van der Waals surface area contributed by atoms with Crippen molar-refractivity contribution in [2.45, 2.75) is 19.8 Å². The summed E-state index contributed by atoms with van der Waals surface area (Å²) >= 11 is 0. The maximum absolute atomic E-state index is 12.5. The predicted molar refractivity (Wildman–Crippen MR) is 81.2 cm³/mol. The van der Waals surface area contributed by atoms with Crippen LogP contribution in [0.15, 0.2) is 6.33 Å². The average Bonchev–Trinajstić information content (AvgIpc) is 2.80. The van der Waals surface area contributed by atoms with Gasteiger partial charge in [-0.2, -0.15) is 0 Å². The Labute approximate surface area is 126 Å².